The zero-order chi connectivity index (χ0) is 16.9. The molecule has 1 aliphatic rings. The van der Waals surface area contributed by atoms with Gasteiger partial charge in [-0.3, -0.25) is 0 Å². The van der Waals surface area contributed by atoms with Crippen LogP contribution in [0.4, 0.5) is 5.69 Å². The maximum atomic E-state index is 5.98. The Morgan fingerprint density at radius 1 is 1.00 bits per heavy atom. The second kappa shape index (κ2) is 8.07. The van der Waals surface area contributed by atoms with Crippen LogP contribution in [-0.2, 0) is 6.54 Å². The number of hydrogen-bond acceptors (Lipinski definition) is 1. The summed E-state index contributed by atoms with van der Waals surface area (Å²) in [5, 5.41) is 4.46. The van der Waals surface area contributed by atoms with Gasteiger partial charge >= 0.3 is 0 Å². The maximum Gasteiger partial charge on any atom is 0.0406 e. The highest BCUT2D eigenvalue weighted by atomic mass is 35.5. The predicted molar refractivity (Wildman–Crippen MR) is 105 cm³/mol. The molecule has 3 rings (SSSR count). The van der Waals surface area contributed by atoms with Crippen molar-refractivity contribution in [2.45, 2.75) is 64.3 Å². The van der Waals surface area contributed by atoms with Crippen LogP contribution < -0.4 is 5.32 Å². The van der Waals surface area contributed by atoms with E-state index < -0.39 is 0 Å². The summed E-state index contributed by atoms with van der Waals surface area (Å²) in [7, 11) is 0. The van der Waals surface area contributed by atoms with Gasteiger partial charge in [-0.1, -0.05) is 69.0 Å². The standard InChI is InChI=1S/C22H28ClN/c1-16(2)19-10-13-22(21(14-19)18-6-4-3-5-7-18)24-15-17-8-11-20(23)12-9-17/h8-14,16,18,24H,3-7,15H2,1-2H3. The summed E-state index contributed by atoms with van der Waals surface area (Å²) < 4.78 is 0. The lowest BCUT2D eigenvalue weighted by molar-refractivity contribution is 0.444. The second-order valence-corrected chi connectivity index (χ2v) is 7.75. The lowest BCUT2D eigenvalue weighted by Crippen LogP contribution is -2.10. The monoisotopic (exact) mass is 341 g/mol. The Labute approximate surface area is 151 Å². The zero-order valence-corrected chi connectivity index (χ0v) is 15.6. The fourth-order valence-electron chi connectivity index (χ4n) is 3.65. The fraction of sp³-hybridized carbons (Fsp3) is 0.455. The molecule has 1 aliphatic carbocycles. The van der Waals surface area contributed by atoms with Gasteiger partial charge in [0.15, 0.2) is 0 Å². The number of anilines is 1. The van der Waals surface area contributed by atoms with E-state index in [-0.39, 0.29) is 0 Å². The minimum atomic E-state index is 0.581. The van der Waals surface area contributed by atoms with Crippen molar-refractivity contribution in [1.82, 2.24) is 0 Å². The zero-order valence-electron chi connectivity index (χ0n) is 14.8. The van der Waals surface area contributed by atoms with Gasteiger partial charge < -0.3 is 5.32 Å². The molecule has 0 saturated heterocycles. The van der Waals surface area contributed by atoms with Crippen molar-refractivity contribution >= 4 is 17.3 Å². The van der Waals surface area contributed by atoms with E-state index in [1.807, 2.05) is 12.1 Å². The Balaban J connectivity index is 1.81. The highest BCUT2D eigenvalue weighted by Gasteiger charge is 2.19. The topological polar surface area (TPSA) is 12.0 Å². The van der Waals surface area contributed by atoms with Gasteiger partial charge in [0.25, 0.3) is 0 Å². The maximum absolute atomic E-state index is 5.98. The van der Waals surface area contributed by atoms with E-state index in [2.05, 4.69) is 49.5 Å². The molecule has 2 aromatic rings. The Bertz CT molecular complexity index is 654. The van der Waals surface area contributed by atoms with Crippen LogP contribution in [-0.4, -0.2) is 0 Å². The lowest BCUT2D eigenvalue weighted by Gasteiger charge is -2.26. The number of rotatable bonds is 5. The Morgan fingerprint density at radius 2 is 1.71 bits per heavy atom. The van der Waals surface area contributed by atoms with Gasteiger partial charge in [0.1, 0.15) is 0 Å². The molecule has 2 aromatic carbocycles. The van der Waals surface area contributed by atoms with Crippen LogP contribution in [0.1, 0.15) is 74.5 Å². The first kappa shape index (κ1) is 17.4. The number of hydrogen-bond donors (Lipinski definition) is 1. The van der Waals surface area contributed by atoms with Gasteiger partial charge in [0.05, 0.1) is 0 Å². The van der Waals surface area contributed by atoms with E-state index in [0.717, 1.165) is 11.6 Å². The van der Waals surface area contributed by atoms with Crippen molar-refractivity contribution in [3.05, 3.63) is 64.2 Å². The summed E-state index contributed by atoms with van der Waals surface area (Å²) in [4.78, 5) is 0. The molecule has 0 spiro atoms. The number of halogens is 1. The molecule has 0 unspecified atom stereocenters. The van der Waals surface area contributed by atoms with Crippen molar-refractivity contribution in [3.8, 4) is 0 Å². The molecule has 1 fully saturated rings. The van der Waals surface area contributed by atoms with E-state index in [1.165, 1.54) is 54.5 Å². The minimum absolute atomic E-state index is 0.581. The van der Waals surface area contributed by atoms with Gasteiger partial charge in [-0.25, -0.2) is 0 Å². The van der Waals surface area contributed by atoms with Gasteiger partial charge in [0.2, 0.25) is 0 Å². The second-order valence-electron chi connectivity index (χ2n) is 7.32. The van der Waals surface area contributed by atoms with Crippen LogP contribution in [0, 0.1) is 0 Å². The van der Waals surface area contributed by atoms with E-state index in [1.54, 1.807) is 0 Å². The molecule has 24 heavy (non-hydrogen) atoms. The van der Waals surface area contributed by atoms with Crippen molar-refractivity contribution in [3.63, 3.8) is 0 Å². The SMILES string of the molecule is CC(C)c1ccc(NCc2ccc(Cl)cc2)c(C2CCCCC2)c1. The van der Waals surface area contributed by atoms with Crippen LogP contribution in [0.15, 0.2) is 42.5 Å². The Morgan fingerprint density at radius 3 is 2.38 bits per heavy atom. The van der Waals surface area contributed by atoms with E-state index in [9.17, 15) is 0 Å². The fourth-order valence-corrected chi connectivity index (χ4v) is 3.78. The van der Waals surface area contributed by atoms with Gasteiger partial charge in [-0.2, -0.15) is 0 Å². The van der Waals surface area contributed by atoms with Crippen molar-refractivity contribution in [1.29, 1.82) is 0 Å². The molecule has 0 radical (unpaired) electrons. The van der Waals surface area contributed by atoms with E-state index >= 15 is 0 Å². The summed E-state index contributed by atoms with van der Waals surface area (Å²) >= 11 is 5.98. The molecule has 0 bridgehead atoms. The van der Waals surface area contributed by atoms with Crippen LogP contribution in [0.2, 0.25) is 5.02 Å². The van der Waals surface area contributed by atoms with Crippen LogP contribution in [0.25, 0.3) is 0 Å². The molecule has 1 nitrogen and oxygen atoms in total. The first-order chi connectivity index (χ1) is 11.6. The highest BCUT2D eigenvalue weighted by Crippen LogP contribution is 2.38. The minimum Gasteiger partial charge on any atom is -0.381 e. The molecule has 0 atom stereocenters. The summed E-state index contributed by atoms with van der Waals surface area (Å²) in [5.74, 6) is 1.29. The molecule has 1 saturated carbocycles. The van der Waals surface area contributed by atoms with Crippen molar-refractivity contribution in [2.75, 3.05) is 5.32 Å². The third-order valence-electron chi connectivity index (χ3n) is 5.18. The smallest absolute Gasteiger partial charge is 0.0406 e. The van der Waals surface area contributed by atoms with E-state index in [4.69, 9.17) is 11.6 Å². The molecular weight excluding hydrogens is 314 g/mol. The third kappa shape index (κ3) is 4.33. The van der Waals surface area contributed by atoms with Crippen LogP contribution in [0.3, 0.4) is 0 Å². The quantitative estimate of drug-likeness (QED) is 0.610. The molecule has 0 amide bonds. The molecule has 0 aliphatic heterocycles. The largest absolute Gasteiger partial charge is 0.381 e. The summed E-state index contributed by atoms with van der Waals surface area (Å²) in [6, 6.07) is 15.1. The Hall–Kier alpha value is -1.47. The molecule has 128 valence electrons. The number of nitrogens with one attached hydrogen (secondary N) is 1. The molecule has 2 heteroatoms. The molecule has 0 heterocycles. The summed E-state index contributed by atoms with van der Waals surface area (Å²) in [6.45, 7) is 5.40. The third-order valence-corrected chi connectivity index (χ3v) is 5.44. The number of benzene rings is 2. The average molecular weight is 342 g/mol. The average Bonchev–Trinajstić information content (AvgIpc) is 2.62. The lowest BCUT2D eigenvalue weighted by atomic mass is 9.82. The highest BCUT2D eigenvalue weighted by molar-refractivity contribution is 6.30. The van der Waals surface area contributed by atoms with Crippen LogP contribution in [0.5, 0.6) is 0 Å². The summed E-state index contributed by atoms with van der Waals surface area (Å²) in [6.07, 6.45) is 6.79. The molecule has 1 N–H and O–H groups in total. The molecular formula is C22H28ClN. The van der Waals surface area contributed by atoms with Crippen LogP contribution >= 0.6 is 11.6 Å². The normalized spacial score (nSPS) is 15.7. The first-order valence-corrected chi connectivity index (χ1v) is 9.63. The first-order valence-electron chi connectivity index (χ1n) is 9.25. The summed E-state index contributed by atoms with van der Waals surface area (Å²) in [5.41, 5.74) is 5.55. The predicted octanol–water partition coefficient (Wildman–Crippen LogP) is 7.12. The Kier molecular flexibility index (Phi) is 5.84. The van der Waals surface area contributed by atoms with Crippen molar-refractivity contribution in [2.24, 2.45) is 0 Å². The van der Waals surface area contributed by atoms with Gasteiger partial charge in [-0.05, 0) is 59.6 Å². The van der Waals surface area contributed by atoms with Crippen molar-refractivity contribution < 1.29 is 0 Å². The van der Waals surface area contributed by atoms with Gasteiger partial charge in [-0.15, -0.1) is 0 Å². The van der Waals surface area contributed by atoms with Gasteiger partial charge in [0, 0.05) is 17.3 Å². The van der Waals surface area contributed by atoms with E-state index in [0.29, 0.717) is 11.8 Å². The molecule has 0 aromatic heterocycles.